The van der Waals surface area contributed by atoms with Crippen LogP contribution >= 0.6 is 27.3 Å². The summed E-state index contributed by atoms with van der Waals surface area (Å²) in [4.78, 5) is 22.9. The molecule has 10 heteroatoms. The summed E-state index contributed by atoms with van der Waals surface area (Å²) >= 11 is 4.95. The van der Waals surface area contributed by atoms with E-state index in [2.05, 4.69) is 31.2 Å². The summed E-state index contributed by atoms with van der Waals surface area (Å²) in [5.41, 5.74) is 0.362. The number of hydrogen-bond donors (Lipinski definition) is 1. The molecule has 0 fully saturated rings. The standard InChI is InChI=1S/C21H14BrF2N5OS/c1-11(12-2-4-15(23)16(24)6-12)29-10-28-19-13(7-25)8-26-20(18(19)21(29)30)27-9-14-3-5-17(22)31-14/h2-6,8,10-11H,9H2,1H3,(H,26,27)/t11-/m0/s1. The van der Waals surface area contributed by atoms with Crippen LogP contribution in [0.2, 0.25) is 0 Å². The van der Waals surface area contributed by atoms with Crippen LogP contribution in [0, 0.1) is 23.0 Å². The Morgan fingerprint density at radius 3 is 2.74 bits per heavy atom. The fourth-order valence-corrected chi connectivity index (χ4v) is 4.60. The average Bonchev–Trinajstić information content (AvgIpc) is 3.18. The van der Waals surface area contributed by atoms with Crippen LogP contribution in [0.25, 0.3) is 10.9 Å². The van der Waals surface area contributed by atoms with Crippen LogP contribution in [0.1, 0.15) is 29.0 Å². The van der Waals surface area contributed by atoms with Crippen molar-refractivity contribution in [1.29, 1.82) is 5.26 Å². The van der Waals surface area contributed by atoms with Crippen LogP contribution in [0.5, 0.6) is 0 Å². The Kier molecular flexibility index (Phi) is 5.80. The van der Waals surface area contributed by atoms with Gasteiger partial charge in [-0.3, -0.25) is 9.36 Å². The molecular formula is C21H14BrF2N5OS. The van der Waals surface area contributed by atoms with Gasteiger partial charge in [0.05, 0.1) is 28.3 Å². The van der Waals surface area contributed by atoms with Crippen LogP contribution < -0.4 is 10.9 Å². The molecule has 0 saturated carbocycles. The predicted molar refractivity (Wildman–Crippen MR) is 118 cm³/mol. The molecule has 0 spiro atoms. The largest absolute Gasteiger partial charge is 0.364 e. The summed E-state index contributed by atoms with van der Waals surface area (Å²) in [6, 6.07) is 8.72. The maximum absolute atomic E-state index is 13.7. The topological polar surface area (TPSA) is 83.6 Å². The first kappa shape index (κ1) is 21.1. The lowest BCUT2D eigenvalue weighted by atomic mass is 10.1. The normalized spacial score (nSPS) is 12.0. The van der Waals surface area contributed by atoms with Gasteiger partial charge in [0.15, 0.2) is 11.6 Å². The molecule has 0 radical (unpaired) electrons. The van der Waals surface area contributed by atoms with E-state index in [0.717, 1.165) is 20.8 Å². The Morgan fingerprint density at radius 1 is 1.26 bits per heavy atom. The van der Waals surface area contributed by atoms with Gasteiger partial charge in [-0.1, -0.05) is 6.07 Å². The lowest BCUT2D eigenvalue weighted by molar-refractivity contribution is 0.502. The molecule has 1 atom stereocenters. The molecule has 3 aromatic heterocycles. The van der Waals surface area contributed by atoms with Crippen molar-refractivity contribution in [3.63, 3.8) is 0 Å². The van der Waals surface area contributed by atoms with Gasteiger partial charge in [-0.15, -0.1) is 11.3 Å². The summed E-state index contributed by atoms with van der Waals surface area (Å²) in [5.74, 6) is -1.67. The van der Waals surface area contributed by atoms with Crippen molar-refractivity contribution >= 4 is 44.0 Å². The number of fused-ring (bicyclic) bond motifs is 1. The number of aromatic nitrogens is 3. The van der Waals surface area contributed by atoms with Crippen molar-refractivity contribution in [2.24, 2.45) is 0 Å². The maximum atomic E-state index is 13.7. The highest BCUT2D eigenvalue weighted by molar-refractivity contribution is 9.11. The molecule has 31 heavy (non-hydrogen) atoms. The molecule has 0 amide bonds. The van der Waals surface area contributed by atoms with Gasteiger partial charge in [-0.25, -0.2) is 18.7 Å². The Morgan fingerprint density at radius 2 is 2.06 bits per heavy atom. The Labute approximate surface area is 187 Å². The highest BCUT2D eigenvalue weighted by Gasteiger charge is 2.19. The van der Waals surface area contributed by atoms with E-state index in [1.54, 1.807) is 18.3 Å². The molecule has 1 aromatic carbocycles. The molecule has 4 rings (SSSR count). The minimum atomic E-state index is -0.996. The first-order chi connectivity index (χ1) is 14.9. The summed E-state index contributed by atoms with van der Waals surface area (Å²) < 4.78 is 29.3. The van der Waals surface area contributed by atoms with Gasteiger partial charge in [0.1, 0.15) is 22.8 Å². The second-order valence-electron chi connectivity index (χ2n) is 6.72. The number of benzene rings is 1. The van der Waals surface area contributed by atoms with Crippen molar-refractivity contribution in [1.82, 2.24) is 14.5 Å². The molecule has 6 nitrogen and oxygen atoms in total. The highest BCUT2D eigenvalue weighted by Crippen LogP contribution is 2.25. The average molecular weight is 502 g/mol. The third-order valence-corrected chi connectivity index (χ3v) is 6.46. The molecule has 156 valence electrons. The zero-order valence-electron chi connectivity index (χ0n) is 16.1. The monoisotopic (exact) mass is 501 g/mol. The van der Waals surface area contributed by atoms with Crippen LogP contribution in [0.4, 0.5) is 14.6 Å². The quantitative estimate of drug-likeness (QED) is 0.416. The number of thiophene rings is 1. The molecule has 3 heterocycles. The smallest absolute Gasteiger partial charge is 0.265 e. The van der Waals surface area contributed by atoms with E-state index in [1.165, 1.54) is 23.2 Å². The minimum absolute atomic E-state index is 0.159. The van der Waals surface area contributed by atoms with E-state index in [9.17, 15) is 18.8 Å². The zero-order chi connectivity index (χ0) is 22.1. The Bertz CT molecular complexity index is 1400. The molecule has 0 aliphatic carbocycles. The Hall–Kier alpha value is -3.16. The fraction of sp³-hybridized carbons (Fsp3) is 0.143. The maximum Gasteiger partial charge on any atom is 0.265 e. The first-order valence-electron chi connectivity index (χ1n) is 9.12. The van der Waals surface area contributed by atoms with E-state index < -0.39 is 23.2 Å². The van der Waals surface area contributed by atoms with Crippen LogP contribution in [-0.4, -0.2) is 14.5 Å². The summed E-state index contributed by atoms with van der Waals surface area (Å²) in [6.45, 7) is 2.11. The van der Waals surface area contributed by atoms with Crippen LogP contribution in [0.3, 0.4) is 0 Å². The van der Waals surface area contributed by atoms with E-state index in [1.807, 2.05) is 18.2 Å². The van der Waals surface area contributed by atoms with Gasteiger partial charge in [-0.05, 0) is 52.7 Å². The molecule has 0 aliphatic heterocycles. The third-order valence-electron chi connectivity index (χ3n) is 4.83. The van der Waals surface area contributed by atoms with Crippen molar-refractivity contribution in [2.75, 3.05) is 5.32 Å². The number of nitrogens with one attached hydrogen (secondary N) is 1. The SMILES string of the molecule is C[C@@H](c1ccc(F)c(F)c1)n1cnc2c(C#N)cnc(NCc3ccc(Br)s3)c2c1=O. The molecule has 0 bridgehead atoms. The molecule has 0 unspecified atom stereocenters. The molecule has 0 saturated heterocycles. The number of pyridine rings is 1. The molecular weight excluding hydrogens is 488 g/mol. The number of nitrogens with zero attached hydrogens (tertiary/aromatic N) is 4. The van der Waals surface area contributed by atoms with Crippen molar-refractivity contribution < 1.29 is 8.78 Å². The van der Waals surface area contributed by atoms with Crippen LogP contribution in [0.15, 0.2) is 51.4 Å². The minimum Gasteiger partial charge on any atom is -0.364 e. The van der Waals surface area contributed by atoms with Crippen molar-refractivity contribution in [2.45, 2.75) is 19.5 Å². The second kappa shape index (κ2) is 8.53. The van der Waals surface area contributed by atoms with Gasteiger partial charge >= 0.3 is 0 Å². The second-order valence-corrected chi connectivity index (χ2v) is 9.27. The number of anilines is 1. The van der Waals surface area contributed by atoms with Crippen molar-refractivity contribution in [3.8, 4) is 6.07 Å². The van der Waals surface area contributed by atoms with E-state index in [4.69, 9.17) is 0 Å². The van der Waals surface area contributed by atoms with Crippen LogP contribution in [-0.2, 0) is 6.54 Å². The lowest BCUT2D eigenvalue weighted by Crippen LogP contribution is -2.26. The Balaban J connectivity index is 1.81. The summed E-state index contributed by atoms with van der Waals surface area (Å²) in [5, 5.41) is 12.7. The fourth-order valence-electron chi connectivity index (χ4n) is 3.18. The van der Waals surface area contributed by atoms with Gasteiger partial charge < -0.3 is 5.32 Å². The highest BCUT2D eigenvalue weighted by atomic mass is 79.9. The molecule has 0 aliphatic rings. The lowest BCUT2D eigenvalue weighted by Gasteiger charge is -2.17. The summed E-state index contributed by atoms with van der Waals surface area (Å²) in [6.07, 6.45) is 2.67. The molecule has 4 aromatic rings. The number of rotatable bonds is 5. The zero-order valence-corrected chi connectivity index (χ0v) is 18.5. The number of nitriles is 1. The third kappa shape index (κ3) is 4.06. The number of halogens is 3. The van der Waals surface area contributed by atoms with Gasteiger partial charge in [0.2, 0.25) is 0 Å². The van der Waals surface area contributed by atoms with Gasteiger partial charge in [0, 0.05) is 11.1 Å². The van der Waals surface area contributed by atoms with Crippen molar-refractivity contribution in [3.05, 3.63) is 84.6 Å². The number of hydrogen-bond acceptors (Lipinski definition) is 6. The van der Waals surface area contributed by atoms with Gasteiger partial charge in [0.25, 0.3) is 5.56 Å². The molecule has 1 N–H and O–H groups in total. The first-order valence-corrected chi connectivity index (χ1v) is 10.7. The van der Waals surface area contributed by atoms with Gasteiger partial charge in [-0.2, -0.15) is 5.26 Å². The summed E-state index contributed by atoms with van der Waals surface area (Å²) in [7, 11) is 0. The van der Waals surface area contributed by atoms with E-state index >= 15 is 0 Å². The van der Waals surface area contributed by atoms with E-state index in [0.29, 0.717) is 17.9 Å². The van der Waals surface area contributed by atoms with E-state index in [-0.39, 0.29) is 16.5 Å². The predicted octanol–water partition coefficient (Wildman–Crippen LogP) is 4.99.